The average Bonchev–Trinajstić information content (AvgIpc) is 3.37. The Hall–Kier alpha value is -5.28. The predicted octanol–water partition coefficient (Wildman–Crippen LogP) is 2.89. The Morgan fingerprint density at radius 1 is 0.977 bits per heavy atom. The van der Waals surface area contributed by atoms with Crippen LogP contribution in [-0.2, 0) is 19.6 Å². The van der Waals surface area contributed by atoms with Crippen molar-refractivity contribution in [3.63, 3.8) is 0 Å². The van der Waals surface area contributed by atoms with Crippen LogP contribution in [0, 0.1) is 17.5 Å². The quantitative estimate of drug-likeness (QED) is 0.219. The zero-order chi connectivity index (χ0) is 31.1. The Balaban J connectivity index is 1.47. The summed E-state index contributed by atoms with van der Waals surface area (Å²) in [5, 5.41) is 17.6. The molecular formula is C28H20ClF3N8O4. The van der Waals surface area contributed by atoms with Crippen LogP contribution in [0.15, 0.2) is 69.2 Å². The van der Waals surface area contributed by atoms with E-state index in [1.807, 2.05) is 0 Å². The summed E-state index contributed by atoms with van der Waals surface area (Å²) in [5.41, 5.74) is -1.72. The first-order valence-corrected chi connectivity index (χ1v) is 13.4. The van der Waals surface area contributed by atoms with Crippen molar-refractivity contribution in [2.45, 2.75) is 19.6 Å². The molecule has 6 rings (SSSR count). The summed E-state index contributed by atoms with van der Waals surface area (Å²) in [5.74, 6) is -4.99. The molecule has 4 heterocycles. The van der Waals surface area contributed by atoms with E-state index in [1.165, 1.54) is 23.0 Å². The second-order valence-corrected chi connectivity index (χ2v) is 10.2. The van der Waals surface area contributed by atoms with Crippen LogP contribution in [0.1, 0.15) is 11.1 Å². The lowest BCUT2D eigenvalue weighted by molar-refractivity contribution is 0.270. The van der Waals surface area contributed by atoms with Crippen molar-refractivity contribution in [2.24, 2.45) is 0 Å². The highest BCUT2D eigenvalue weighted by Crippen LogP contribution is 2.29. The standard InChI is InChI=1S/C28H20ClF3N8O4/c29-18-10-21-16(12-38(37-21)4-5-41)9-22(18)34-26-36-27(43)40(13-17-8-15-2-1-3-33-24(15)35-25(17)42)28(44)39(26)11-14-6-19(30)23(32)20(31)7-14/h1-3,6-10,12,41H,4-5,11,13H2,(H,33,35,42)(H,34,36,43). The Labute approximate surface area is 248 Å². The van der Waals surface area contributed by atoms with Crippen molar-refractivity contribution in [2.75, 3.05) is 11.9 Å². The molecule has 6 aromatic rings. The lowest BCUT2D eigenvalue weighted by Gasteiger charge is -2.16. The smallest absolute Gasteiger partial charge is 0.355 e. The van der Waals surface area contributed by atoms with Crippen LogP contribution in [0.4, 0.5) is 24.8 Å². The number of H-pyrrole nitrogens is 1. The maximum Gasteiger partial charge on any atom is 0.355 e. The van der Waals surface area contributed by atoms with Crippen molar-refractivity contribution in [1.29, 1.82) is 0 Å². The second-order valence-electron chi connectivity index (χ2n) is 9.74. The van der Waals surface area contributed by atoms with Crippen molar-refractivity contribution >= 4 is 45.2 Å². The molecule has 0 unspecified atom stereocenters. The van der Waals surface area contributed by atoms with Crippen molar-refractivity contribution in [3.8, 4) is 0 Å². The van der Waals surface area contributed by atoms with Gasteiger partial charge in [0.1, 0.15) is 5.65 Å². The molecule has 12 nitrogen and oxygen atoms in total. The van der Waals surface area contributed by atoms with Crippen LogP contribution in [0.3, 0.4) is 0 Å². The Bertz CT molecular complexity index is 2240. The molecule has 0 atom stereocenters. The first-order valence-electron chi connectivity index (χ1n) is 13.0. The molecule has 0 aliphatic rings. The number of fused-ring (bicyclic) bond motifs is 2. The van der Waals surface area contributed by atoms with Crippen molar-refractivity contribution in [3.05, 3.63) is 120 Å². The van der Waals surface area contributed by atoms with E-state index in [-0.39, 0.29) is 40.9 Å². The number of aliphatic hydroxyl groups is 1. The number of anilines is 2. The minimum Gasteiger partial charge on any atom is -0.394 e. The number of halogens is 4. The van der Waals surface area contributed by atoms with Gasteiger partial charge in [0, 0.05) is 28.7 Å². The molecule has 4 aromatic heterocycles. The molecule has 0 bridgehead atoms. The first-order chi connectivity index (χ1) is 21.1. The minimum atomic E-state index is -1.69. The van der Waals surface area contributed by atoms with E-state index in [0.717, 1.165) is 4.57 Å². The van der Waals surface area contributed by atoms with Gasteiger partial charge < -0.3 is 15.4 Å². The number of nitrogens with one attached hydrogen (secondary N) is 2. The zero-order valence-electron chi connectivity index (χ0n) is 22.4. The second kappa shape index (κ2) is 11.4. The maximum atomic E-state index is 14.1. The molecule has 0 aliphatic heterocycles. The highest BCUT2D eigenvalue weighted by atomic mass is 35.5. The molecule has 0 radical (unpaired) electrons. The van der Waals surface area contributed by atoms with E-state index in [4.69, 9.17) is 11.6 Å². The topological polar surface area (TPSA) is 153 Å². The average molecular weight is 625 g/mol. The van der Waals surface area contributed by atoms with Gasteiger partial charge in [-0.05, 0) is 48.0 Å². The summed E-state index contributed by atoms with van der Waals surface area (Å²) >= 11 is 6.45. The van der Waals surface area contributed by atoms with Crippen molar-refractivity contribution in [1.82, 2.24) is 33.9 Å². The molecular weight excluding hydrogens is 605 g/mol. The van der Waals surface area contributed by atoms with Crippen LogP contribution in [0.2, 0.25) is 5.02 Å². The van der Waals surface area contributed by atoms with Crippen molar-refractivity contribution < 1.29 is 18.3 Å². The summed E-state index contributed by atoms with van der Waals surface area (Å²) in [7, 11) is 0. The van der Waals surface area contributed by atoms with Gasteiger partial charge in [-0.3, -0.25) is 14.0 Å². The fourth-order valence-electron chi connectivity index (χ4n) is 4.68. The van der Waals surface area contributed by atoms with E-state index >= 15 is 0 Å². The highest BCUT2D eigenvalue weighted by molar-refractivity contribution is 6.34. The van der Waals surface area contributed by atoms with Crippen LogP contribution < -0.4 is 22.3 Å². The molecule has 0 amide bonds. The summed E-state index contributed by atoms with van der Waals surface area (Å²) in [6.45, 7) is -0.954. The molecule has 2 aromatic carbocycles. The van der Waals surface area contributed by atoms with Gasteiger partial charge in [0.2, 0.25) is 5.95 Å². The molecule has 0 spiro atoms. The van der Waals surface area contributed by atoms with Gasteiger partial charge in [0.25, 0.3) is 5.56 Å². The number of pyridine rings is 2. The van der Waals surface area contributed by atoms with E-state index in [2.05, 4.69) is 25.4 Å². The summed E-state index contributed by atoms with van der Waals surface area (Å²) in [6.07, 6.45) is 3.13. The normalized spacial score (nSPS) is 11.5. The van der Waals surface area contributed by atoms with E-state index < -0.39 is 47.5 Å². The SMILES string of the molecule is O=c1[nH]c2ncccc2cc1Cn1c(=O)nc(Nc2cc3cn(CCO)nc3cc2Cl)n(Cc2cc(F)c(F)c(F)c2)c1=O. The number of aromatic amines is 1. The summed E-state index contributed by atoms with van der Waals surface area (Å²) in [6, 6.07) is 9.30. The highest BCUT2D eigenvalue weighted by Gasteiger charge is 2.19. The van der Waals surface area contributed by atoms with E-state index in [9.17, 15) is 32.7 Å². The molecule has 0 fully saturated rings. The van der Waals surface area contributed by atoms with E-state index in [1.54, 1.807) is 24.4 Å². The van der Waals surface area contributed by atoms with Gasteiger partial charge in [0.15, 0.2) is 17.5 Å². The first kappa shape index (κ1) is 28.8. The van der Waals surface area contributed by atoms with Gasteiger partial charge in [-0.1, -0.05) is 11.6 Å². The number of aliphatic hydroxyl groups excluding tert-OH is 1. The van der Waals surface area contributed by atoms with Gasteiger partial charge >= 0.3 is 11.4 Å². The number of benzene rings is 2. The minimum absolute atomic E-state index is 0.0472. The third-order valence-electron chi connectivity index (χ3n) is 6.77. The number of hydrogen-bond donors (Lipinski definition) is 3. The molecule has 16 heteroatoms. The van der Waals surface area contributed by atoms with Gasteiger partial charge in [0.05, 0.1) is 42.5 Å². The Kier molecular flexibility index (Phi) is 7.48. The molecule has 224 valence electrons. The van der Waals surface area contributed by atoms with Gasteiger partial charge in [-0.25, -0.2) is 32.3 Å². The van der Waals surface area contributed by atoms with Crippen LogP contribution in [-0.4, -0.2) is 45.6 Å². The number of hydrogen-bond acceptors (Lipinski definition) is 8. The predicted molar refractivity (Wildman–Crippen MR) is 155 cm³/mol. The fraction of sp³-hybridized carbons (Fsp3) is 0.143. The number of aromatic nitrogens is 7. The Morgan fingerprint density at radius 3 is 2.50 bits per heavy atom. The lowest BCUT2D eigenvalue weighted by atomic mass is 10.2. The number of nitrogens with zero attached hydrogens (tertiary/aromatic N) is 6. The van der Waals surface area contributed by atoms with Crippen LogP contribution >= 0.6 is 11.6 Å². The third kappa shape index (κ3) is 5.45. The van der Waals surface area contributed by atoms with Crippen LogP contribution in [0.25, 0.3) is 21.9 Å². The summed E-state index contributed by atoms with van der Waals surface area (Å²) in [4.78, 5) is 50.4. The van der Waals surface area contributed by atoms with Crippen LogP contribution in [0.5, 0.6) is 0 Å². The molecule has 0 saturated carbocycles. The molecule has 3 N–H and O–H groups in total. The molecule has 0 aliphatic carbocycles. The summed E-state index contributed by atoms with van der Waals surface area (Å²) < 4.78 is 44.9. The zero-order valence-corrected chi connectivity index (χ0v) is 23.1. The van der Waals surface area contributed by atoms with Gasteiger partial charge in [-0.2, -0.15) is 10.1 Å². The molecule has 44 heavy (non-hydrogen) atoms. The fourth-order valence-corrected chi connectivity index (χ4v) is 4.89. The number of rotatable bonds is 8. The molecule has 0 saturated heterocycles. The van der Waals surface area contributed by atoms with E-state index in [0.29, 0.717) is 38.6 Å². The lowest BCUT2D eigenvalue weighted by Crippen LogP contribution is -2.43. The maximum absolute atomic E-state index is 14.1. The largest absolute Gasteiger partial charge is 0.394 e. The monoisotopic (exact) mass is 624 g/mol. The third-order valence-corrected chi connectivity index (χ3v) is 7.08. The Morgan fingerprint density at radius 2 is 1.75 bits per heavy atom. The van der Waals surface area contributed by atoms with Gasteiger partial charge in [-0.15, -0.1) is 0 Å².